The van der Waals surface area contributed by atoms with Gasteiger partial charge in [0.1, 0.15) is 0 Å². The molecule has 4 rings (SSSR count). The molecule has 7 nitrogen and oxygen atoms in total. The molecule has 2 aromatic rings. The summed E-state index contributed by atoms with van der Waals surface area (Å²) in [6, 6.07) is 15.2. The minimum Gasteiger partial charge on any atom is -0.369 e. The summed E-state index contributed by atoms with van der Waals surface area (Å²) in [5.74, 6) is -0.426. The lowest BCUT2D eigenvalue weighted by molar-refractivity contribution is -0.121. The third kappa shape index (κ3) is 3.72. The molecule has 2 heterocycles. The Bertz CT molecular complexity index is 1020. The number of nitrogens with two attached hydrogens (primary N) is 1. The fourth-order valence-electron chi connectivity index (χ4n) is 3.87. The van der Waals surface area contributed by atoms with E-state index in [9.17, 15) is 18.0 Å². The van der Waals surface area contributed by atoms with Crippen LogP contribution in [0.15, 0.2) is 64.4 Å². The van der Waals surface area contributed by atoms with Crippen LogP contribution in [0.5, 0.6) is 0 Å². The topological polar surface area (TPSA) is 101 Å². The maximum atomic E-state index is 12.7. The third-order valence-electron chi connectivity index (χ3n) is 5.73. The zero-order valence-electron chi connectivity index (χ0n) is 15.9. The second-order valence-corrected chi connectivity index (χ2v) is 9.55. The zero-order chi connectivity index (χ0) is 20.6. The molecule has 0 unspecified atom stereocenters. The number of rotatable bonds is 4. The van der Waals surface area contributed by atoms with Crippen LogP contribution in [0.1, 0.15) is 17.9 Å². The highest BCUT2D eigenvalue weighted by Crippen LogP contribution is 2.30. The van der Waals surface area contributed by atoms with Crippen LogP contribution < -0.4 is 5.73 Å². The van der Waals surface area contributed by atoms with Gasteiger partial charge >= 0.3 is 6.03 Å². The van der Waals surface area contributed by atoms with Crippen molar-refractivity contribution < 1.29 is 18.0 Å². The number of sulfone groups is 1. The Morgan fingerprint density at radius 2 is 1.48 bits per heavy atom. The molecule has 2 aliphatic rings. The van der Waals surface area contributed by atoms with E-state index in [1.54, 1.807) is 52.3 Å². The Labute approximate surface area is 170 Å². The van der Waals surface area contributed by atoms with Gasteiger partial charge in [0, 0.05) is 32.1 Å². The van der Waals surface area contributed by atoms with Crippen molar-refractivity contribution >= 4 is 21.8 Å². The molecule has 0 radical (unpaired) electrons. The summed E-state index contributed by atoms with van der Waals surface area (Å²) in [5, 5.41) is 0. The van der Waals surface area contributed by atoms with E-state index >= 15 is 0 Å². The number of hydrogen-bond donors (Lipinski definition) is 1. The summed E-state index contributed by atoms with van der Waals surface area (Å²) in [4.78, 5) is 27.8. The maximum absolute atomic E-state index is 12.7. The molecule has 0 aromatic heterocycles. The van der Waals surface area contributed by atoms with E-state index in [0.717, 1.165) is 5.56 Å². The zero-order valence-corrected chi connectivity index (χ0v) is 16.7. The lowest BCUT2D eigenvalue weighted by Crippen LogP contribution is -2.53. The van der Waals surface area contributed by atoms with Gasteiger partial charge in [0.15, 0.2) is 0 Å². The molecule has 2 aromatic carbocycles. The van der Waals surface area contributed by atoms with Crippen molar-refractivity contribution in [1.29, 1.82) is 0 Å². The lowest BCUT2D eigenvalue weighted by Gasteiger charge is -2.41. The standard InChI is InChI=1S/C21H23N3O4S/c22-20(25)16-10-11-23(12-16)21(26)24-13-17(14-24)15-6-8-19(9-7-15)29(27,28)18-4-2-1-3-5-18/h1-9,16-17H,10-14H2,(H2,22,25)/t16-/m0/s1. The molecule has 2 N–H and O–H groups in total. The average Bonchev–Trinajstić information content (AvgIpc) is 3.18. The van der Waals surface area contributed by atoms with Crippen LogP contribution in [0.3, 0.4) is 0 Å². The summed E-state index contributed by atoms with van der Waals surface area (Å²) in [5.41, 5.74) is 6.34. The van der Waals surface area contributed by atoms with Gasteiger partial charge in [0.05, 0.1) is 15.7 Å². The first kappa shape index (κ1) is 19.4. The Morgan fingerprint density at radius 3 is 2.07 bits per heavy atom. The highest BCUT2D eigenvalue weighted by Gasteiger charge is 2.37. The predicted octanol–water partition coefficient (Wildman–Crippen LogP) is 1.85. The van der Waals surface area contributed by atoms with Crippen LogP contribution in [-0.4, -0.2) is 56.3 Å². The van der Waals surface area contributed by atoms with Crippen molar-refractivity contribution in [2.45, 2.75) is 22.1 Å². The van der Waals surface area contributed by atoms with Gasteiger partial charge in [0.2, 0.25) is 15.7 Å². The van der Waals surface area contributed by atoms with Crippen LogP contribution >= 0.6 is 0 Å². The highest BCUT2D eigenvalue weighted by molar-refractivity contribution is 7.91. The van der Waals surface area contributed by atoms with E-state index in [0.29, 0.717) is 32.6 Å². The number of amides is 3. The summed E-state index contributed by atoms with van der Waals surface area (Å²) in [6.45, 7) is 2.11. The Morgan fingerprint density at radius 1 is 0.862 bits per heavy atom. The van der Waals surface area contributed by atoms with Gasteiger partial charge in [-0.15, -0.1) is 0 Å². The van der Waals surface area contributed by atoms with Gasteiger partial charge < -0.3 is 15.5 Å². The summed E-state index contributed by atoms with van der Waals surface area (Å²) < 4.78 is 25.3. The predicted molar refractivity (Wildman–Crippen MR) is 107 cm³/mol. The molecule has 0 spiro atoms. The first-order chi connectivity index (χ1) is 13.9. The number of carbonyl (C=O) groups excluding carboxylic acids is 2. The Hall–Kier alpha value is -2.87. The minimum absolute atomic E-state index is 0.0618. The molecular weight excluding hydrogens is 390 g/mol. The fourth-order valence-corrected chi connectivity index (χ4v) is 5.15. The van der Waals surface area contributed by atoms with Crippen LogP contribution in [0.25, 0.3) is 0 Å². The average molecular weight is 413 g/mol. The molecule has 2 fully saturated rings. The van der Waals surface area contributed by atoms with Gasteiger partial charge in [-0.1, -0.05) is 30.3 Å². The van der Waals surface area contributed by atoms with Gasteiger partial charge in [0.25, 0.3) is 0 Å². The monoisotopic (exact) mass is 413 g/mol. The van der Waals surface area contributed by atoms with Gasteiger partial charge in [-0.25, -0.2) is 13.2 Å². The van der Waals surface area contributed by atoms with Crippen LogP contribution in [0.4, 0.5) is 4.79 Å². The molecular formula is C21H23N3O4S. The molecule has 2 saturated heterocycles. The molecule has 8 heteroatoms. The van der Waals surface area contributed by atoms with Crippen LogP contribution in [0, 0.1) is 5.92 Å². The second-order valence-electron chi connectivity index (χ2n) is 7.60. The summed E-state index contributed by atoms with van der Waals surface area (Å²) in [7, 11) is -3.53. The van der Waals surface area contributed by atoms with E-state index in [1.165, 1.54) is 0 Å². The smallest absolute Gasteiger partial charge is 0.320 e. The first-order valence-corrected chi connectivity index (χ1v) is 11.1. The Balaban J connectivity index is 1.37. The molecule has 29 heavy (non-hydrogen) atoms. The summed E-state index contributed by atoms with van der Waals surface area (Å²) in [6.07, 6.45) is 0.621. The second kappa shape index (κ2) is 7.51. The van der Waals surface area contributed by atoms with Crippen molar-refractivity contribution in [1.82, 2.24) is 9.80 Å². The lowest BCUT2D eigenvalue weighted by atomic mass is 9.92. The van der Waals surface area contributed by atoms with Crippen molar-refractivity contribution in [3.63, 3.8) is 0 Å². The Kier molecular flexibility index (Phi) is 5.04. The SMILES string of the molecule is NC(=O)[C@H]1CCN(C(=O)N2CC(c3ccc(S(=O)(=O)c4ccccc4)cc3)C2)C1. The quantitative estimate of drug-likeness (QED) is 0.826. The number of primary amides is 1. The van der Waals surface area contributed by atoms with E-state index < -0.39 is 9.84 Å². The fraction of sp³-hybridized carbons (Fsp3) is 0.333. The number of likely N-dealkylation sites (tertiary alicyclic amines) is 2. The van der Waals surface area contributed by atoms with Gasteiger partial charge in [-0.2, -0.15) is 0 Å². The number of carbonyl (C=O) groups is 2. The number of nitrogens with zero attached hydrogens (tertiary/aromatic N) is 2. The van der Waals surface area contributed by atoms with Crippen LogP contribution in [-0.2, 0) is 14.6 Å². The van der Waals surface area contributed by atoms with E-state index in [2.05, 4.69) is 0 Å². The van der Waals surface area contributed by atoms with E-state index in [-0.39, 0.29) is 33.6 Å². The molecule has 2 aliphatic heterocycles. The van der Waals surface area contributed by atoms with E-state index in [4.69, 9.17) is 5.73 Å². The van der Waals surface area contributed by atoms with Crippen molar-refractivity contribution in [3.05, 3.63) is 60.2 Å². The van der Waals surface area contributed by atoms with E-state index in [1.807, 2.05) is 12.1 Å². The van der Waals surface area contributed by atoms with Gasteiger partial charge in [-0.3, -0.25) is 4.79 Å². The molecule has 152 valence electrons. The van der Waals surface area contributed by atoms with Crippen molar-refractivity contribution in [2.24, 2.45) is 11.7 Å². The van der Waals surface area contributed by atoms with Gasteiger partial charge in [-0.05, 0) is 36.2 Å². The highest BCUT2D eigenvalue weighted by atomic mass is 32.2. The summed E-state index contributed by atoms with van der Waals surface area (Å²) >= 11 is 0. The number of hydrogen-bond acceptors (Lipinski definition) is 4. The van der Waals surface area contributed by atoms with Crippen molar-refractivity contribution in [2.75, 3.05) is 26.2 Å². The largest absolute Gasteiger partial charge is 0.369 e. The third-order valence-corrected chi connectivity index (χ3v) is 7.51. The first-order valence-electron chi connectivity index (χ1n) is 9.59. The molecule has 3 amide bonds. The molecule has 1 atom stereocenters. The van der Waals surface area contributed by atoms with Crippen molar-refractivity contribution in [3.8, 4) is 0 Å². The normalized spacial score (nSPS) is 19.8. The molecule has 0 bridgehead atoms. The molecule has 0 saturated carbocycles. The number of benzene rings is 2. The van der Waals surface area contributed by atoms with Crippen LogP contribution in [0.2, 0.25) is 0 Å². The molecule has 0 aliphatic carbocycles. The minimum atomic E-state index is -3.53. The maximum Gasteiger partial charge on any atom is 0.320 e. The number of urea groups is 1.